The first kappa shape index (κ1) is 28.5. The molecule has 150 valence electrons. The van der Waals surface area contributed by atoms with Crippen LogP contribution in [0.15, 0.2) is 57.6 Å². The largest absolute Gasteiger partial charge is 1.00 e. The summed E-state index contributed by atoms with van der Waals surface area (Å²) >= 11 is 0. The van der Waals surface area contributed by atoms with Gasteiger partial charge in [0.2, 0.25) is 11.6 Å². The zero-order valence-electron chi connectivity index (χ0n) is 15.5. The molecule has 0 aliphatic carbocycles. The third kappa shape index (κ3) is 5.19. The van der Waals surface area contributed by atoms with Gasteiger partial charge in [0.15, 0.2) is 17.4 Å². The summed E-state index contributed by atoms with van der Waals surface area (Å²) in [6, 6.07) is 6.32. The van der Waals surface area contributed by atoms with E-state index in [0.717, 1.165) is 24.3 Å². The Kier molecular flexibility index (Phi) is 8.98. The molecule has 2 N–H and O–H groups in total. The summed E-state index contributed by atoms with van der Waals surface area (Å²) in [4.78, 5) is 24.1. The number of carbonyl (C=O) groups excluding carboxylic acids is 2. The van der Waals surface area contributed by atoms with E-state index in [1.54, 1.807) is 0 Å². The molecule has 0 amide bonds. The van der Waals surface area contributed by atoms with E-state index in [-0.39, 0.29) is 110 Å². The van der Waals surface area contributed by atoms with Crippen LogP contribution >= 0.6 is 0 Å². The molecule has 0 bridgehead atoms. The molecule has 0 aromatic heterocycles. The summed E-state index contributed by atoms with van der Waals surface area (Å²) in [5.74, 6) is -1.44. The third-order valence-electron chi connectivity index (χ3n) is 4.27. The molecule has 10 nitrogen and oxygen atoms in total. The molecule has 0 saturated carbocycles. The third-order valence-corrected chi connectivity index (χ3v) is 5.93. The van der Waals surface area contributed by atoms with Gasteiger partial charge in [-0.25, -0.2) is 16.8 Å². The van der Waals surface area contributed by atoms with Crippen molar-refractivity contribution in [1.82, 2.24) is 0 Å². The minimum absolute atomic E-state index is 0. The quantitative estimate of drug-likeness (QED) is 0.231. The second-order valence-electron chi connectivity index (χ2n) is 5.98. The number of benzene rings is 2. The Morgan fingerprint density at radius 3 is 1.26 bits per heavy atom. The van der Waals surface area contributed by atoms with Gasteiger partial charge in [-0.3, -0.25) is 9.59 Å². The topological polar surface area (TPSA) is 173 Å². The van der Waals surface area contributed by atoms with E-state index in [9.17, 15) is 35.5 Å². The van der Waals surface area contributed by atoms with E-state index in [4.69, 9.17) is 0 Å². The zero-order chi connectivity index (χ0) is 20.4. The monoisotopic (exact) mass is 496 g/mol. The molecule has 0 unspecified atom stereocenters. The summed E-state index contributed by atoms with van der Waals surface area (Å²) in [5, 5.41) is 5.37. The smallest absolute Gasteiger partial charge is 0.744 e. The average molecular weight is 496 g/mol. The van der Waals surface area contributed by atoms with Gasteiger partial charge in [0.25, 0.3) is 0 Å². The first-order valence-electron chi connectivity index (χ1n) is 7.54. The van der Waals surface area contributed by atoms with Crippen LogP contribution in [0.3, 0.4) is 0 Å². The molecule has 0 spiro atoms. The molecular formula is C16H11AlN2Na2O8S2. The van der Waals surface area contributed by atoms with Crippen LogP contribution in [-0.2, 0) is 20.2 Å². The first-order chi connectivity index (χ1) is 13.0. The molecule has 0 radical (unpaired) electrons. The number of fused-ring (bicyclic) bond motifs is 2. The Bertz CT molecular complexity index is 1250. The number of hydrogen-bond donors (Lipinski definition) is 2. The number of Topliss-reactive ketones (excluding diaryl/α,β-unsaturated/α-hetero) is 2. The van der Waals surface area contributed by atoms with Crippen LogP contribution < -0.4 is 69.7 Å². The summed E-state index contributed by atoms with van der Waals surface area (Å²) in [6.45, 7) is 0. The summed E-state index contributed by atoms with van der Waals surface area (Å²) < 4.78 is 66.9. The van der Waals surface area contributed by atoms with Gasteiger partial charge in [0.05, 0.1) is 21.2 Å². The van der Waals surface area contributed by atoms with E-state index in [0.29, 0.717) is 0 Å². The van der Waals surface area contributed by atoms with Crippen molar-refractivity contribution >= 4 is 60.5 Å². The van der Waals surface area contributed by atoms with Crippen molar-refractivity contribution < 1.29 is 94.6 Å². The fraction of sp³-hybridized carbons (Fsp3) is 0. The van der Waals surface area contributed by atoms with Crippen molar-refractivity contribution in [3.05, 3.63) is 58.9 Å². The second kappa shape index (κ2) is 9.76. The van der Waals surface area contributed by atoms with Crippen molar-refractivity contribution in [1.29, 1.82) is 0 Å². The van der Waals surface area contributed by atoms with Crippen LogP contribution in [0.5, 0.6) is 0 Å². The molecule has 4 rings (SSSR count). The van der Waals surface area contributed by atoms with Gasteiger partial charge in [0, 0.05) is 11.1 Å². The van der Waals surface area contributed by atoms with Crippen LogP contribution in [0.2, 0.25) is 0 Å². The summed E-state index contributed by atoms with van der Waals surface area (Å²) in [5.41, 5.74) is -0.187. The summed E-state index contributed by atoms with van der Waals surface area (Å²) in [6.07, 6.45) is 0. The Balaban J connectivity index is 0.00000160. The minimum atomic E-state index is -4.77. The summed E-state index contributed by atoms with van der Waals surface area (Å²) in [7, 11) is -9.55. The Morgan fingerprint density at radius 1 is 0.645 bits per heavy atom. The maximum atomic E-state index is 12.6. The maximum absolute atomic E-state index is 12.6. The Morgan fingerprint density at radius 2 is 0.968 bits per heavy atom. The van der Waals surface area contributed by atoms with Crippen molar-refractivity contribution in [2.75, 3.05) is 10.6 Å². The van der Waals surface area contributed by atoms with Gasteiger partial charge < -0.3 is 19.7 Å². The number of ketones is 2. The fourth-order valence-corrected chi connectivity index (χ4v) is 3.95. The minimum Gasteiger partial charge on any atom is -0.744 e. The molecule has 2 heterocycles. The van der Waals surface area contributed by atoms with Gasteiger partial charge in [-0.15, -0.1) is 0 Å². The van der Waals surface area contributed by atoms with Crippen LogP contribution in [0.4, 0.5) is 11.4 Å². The van der Waals surface area contributed by atoms with E-state index in [1.165, 1.54) is 12.1 Å². The second-order valence-corrected chi connectivity index (χ2v) is 8.74. The molecule has 2 aromatic rings. The standard InChI is InChI=1S/C16H10N2O8S2.Al.2Na.3H/c19-15-9-5-7(27(21,22)23)1-3-11(9)17-13(15)14-16(20)10-6-8(28(24,25)26)2-4-12(10)18-14;;;;;;/h1-6,17-18H,(H,21,22,23)(H,24,25,26);;;;;;/q;;2*+1;;;/p-2/b14-13+;;;;;;. The SMILES string of the molecule is O=C1/C(=C2\Nc3ccc(S(=O)(=O)[O-])cc3C2=O)Nc2ccc(S(=O)(=O)[O-])cc21.[AlH3].[Na+].[Na+]. The van der Waals surface area contributed by atoms with Crippen LogP contribution in [0.25, 0.3) is 0 Å². The molecule has 2 aliphatic rings. The predicted octanol–water partition coefficient (Wildman–Crippen LogP) is -6.55. The zero-order valence-corrected chi connectivity index (χ0v) is 21.2. The molecule has 0 atom stereocenters. The molecule has 31 heavy (non-hydrogen) atoms. The number of hydrogen-bond acceptors (Lipinski definition) is 10. The molecule has 2 aromatic carbocycles. The van der Waals surface area contributed by atoms with Gasteiger partial charge >= 0.3 is 59.1 Å². The normalized spacial score (nSPS) is 16.7. The van der Waals surface area contributed by atoms with E-state index in [2.05, 4.69) is 10.6 Å². The van der Waals surface area contributed by atoms with E-state index in [1.807, 2.05) is 0 Å². The van der Waals surface area contributed by atoms with Gasteiger partial charge in [0.1, 0.15) is 31.6 Å². The van der Waals surface area contributed by atoms with Crippen LogP contribution in [0, 0.1) is 0 Å². The Labute approximate surface area is 232 Å². The molecule has 2 aliphatic heterocycles. The molecule has 15 heteroatoms. The molecule has 0 saturated heterocycles. The van der Waals surface area contributed by atoms with Gasteiger partial charge in [-0.2, -0.15) is 0 Å². The Hall–Kier alpha value is -0.528. The van der Waals surface area contributed by atoms with Gasteiger partial charge in [-0.05, 0) is 36.4 Å². The van der Waals surface area contributed by atoms with Crippen molar-refractivity contribution in [2.45, 2.75) is 9.79 Å². The van der Waals surface area contributed by atoms with Crippen molar-refractivity contribution in [3.63, 3.8) is 0 Å². The first-order valence-corrected chi connectivity index (χ1v) is 10.4. The van der Waals surface area contributed by atoms with E-state index >= 15 is 0 Å². The van der Waals surface area contributed by atoms with Crippen LogP contribution in [0.1, 0.15) is 20.7 Å². The fourth-order valence-electron chi connectivity index (χ4n) is 2.96. The number of rotatable bonds is 2. The number of allylic oxidation sites excluding steroid dienone is 2. The number of carbonyl (C=O) groups is 2. The maximum Gasteiger partial charge on any atom is 1.00 e. The van der Waals surface area contributed by atoms with Gasteiger partial charge in [-0.1, -0.05) is 0 Å². The van der Waals surface area contributed by atoms with Crippen molar-refractivity contribution in [3.8, 4) is 0 Å². The van der Waals surface area contributed by atoms with Crippen LogP contribution in [-0.4, -0.2) is 54.9 Å². The molecular weight excluding hydrogens is 485 g/mol. The molecule has 0 fully saturated rings. The number of anilines is 2. The van der Waals surface area contributed by atoms with E-state index < -0.39 is 41.6 Å². The van der Waals surface area contributed by atoms with Crippen molar-refractivity contribution in [2.24, 2.45) is 0 Å². The predicted molar refractivity (Wildman–Crippen MR) is 102 cm³/mol. The number of nitrogens with one attached hydrogen (secondary N) is 2. The average Bonchev–Trinajstić information content (AvgIpc) is 3.10.